The summed E-state index contributed by atoms with van der Waals surface area (Å²) in [7, 11) is 1.62. The van der Waals surface area contributed by atoms with Crippen LogP contribution in [-0.4, -0.2) is 18.1 Å². The Balaban J connectivity index is 1.95. The van der Waals surface area contributed by atoms with E-state index in [1.54, 1.807) is 31.4 Å². The van der Waals surface area contributed by atoms with Gasteiger partial charge in [-0.1, -0.05) is 0 Å². The van der Waals surface area contributed by atoms with E-state index in [0.29, 0.717) is 10.7 Å². The fourth-order valence-electron chi connectivity index (χ4n) is 1.69. The number of hydrogen-bond donors (Lipinski definition) is 3. The Morgan fingerprint density at radius 1 is 1.00 bits per heavy atom. The van der Waals surface area contributed by atoms with Crippen molar-refractivity contribution in [2.75, 3.05) is 17.7 Å². The number of nitrogens with two attached hydrogens (primary N) is 1. The second-order valence-corrected chi connectivity index (χ2v) is 4.66. The van der Waals surface area contributed by atoms with Crippen LogP contribution in [0.1, 0.15) is 10.4 Å². The molecule has 0 radical (unpaired) electrons. The Labute approximate surface area is 128 Å². The molecule has 0 aromatic heterocycles. The maximum Gasteiger partial charge on any atom is 0.248 e. The first-order valence-corrected chi connectivity index (χ1v) is 6.61. The number of hydrogen-bond acceptors (Lipinski definition) is 3. The maximum atomic E-state index is 11.0. The van der Waals surface area contributed by atoms with E-state index in [9.17, 15) is 4.79 Å². The second-order valence-electron chi connectivity index (χ2n) is 4.25. The summed E-state index contributed by atoms with van der Waals surface area (Å²) in [5, 5.41) is 6.53. The third-order valence-corrected chi connectivity index (χ3v) is 2.98. The van der Waals surface area contributed by atoms with Gasteiger partial charge in [-0.05, 0) is 60.7 Å². The van der Waals surface area contributed by atoms with Crippen molar-refractivity contribution >= 4 is 34.6 Å². The van der Waals surface area contributed by atoms with E-state index in [0.717, 1.165) is 17.1 Å². The third kappa shape index (κ3) is 4.19. The van der Waals surface area contributed by atoms with Crippen molar-refractivity contribution < 1.29 is 9.53 Å². The third-order valence-electron chi connectivity index (χ3n) is 2.78. The molecule has 0 saturated heterocycles. The van der Waals surface area contributed by atoms with Crippen molar-refractivity contribution in [3.8, 4) is 5.75 Å². The molecule has 2 aromatic carbocycles. The van der Waals surface area contributed by atoms with Crippen LogP contribution < -0.4 is 21.1 Å². The van der Waals surface area contributed by atoms with Gasteiger partial charge in [0.15, 0.2) is 5.11 Å². The molecule has 21 heavy (non-hydrogen) atoms. The van der Waals surface area contributed by atoms with Crippen LogP contribution in [0.3, 0.4) is 0 Å². The molecule has 0 aliphatic heterocycles. The van der Waals surface area contributed by atoms with E-state index >= 15 is 0 Å². The zero-order chi connectivity index (χ0) is 15.2. The van der Waals surface area contributed by atoms with Gasteiger partial charge in [0.05, 0.1) is 7.11 Å². The van der Waals surface area contributed by atoms with Gasteiger partial charge in [0.2, 0.25) is 5.91 Å². The number of methoxy groups -OCH3 is 1. The molecule has 4 N–H and O–H groups in total. The van der Waals surface area contributed by atoms with Gasteiger partial charge in [-0.25, -0.2) is 0 Å². The van der Waals surface area contributed by atoms with Crippen LogP contribution in [-0.2, 0) is 0 Å². The van der Waals surface area contributed by atoms with E-state index in [1.165, 1.54) is 0 Å². The molecule has 0 spiro atoms. The molecule has 5 nitrogen and oxygen atoms in total. The van der Waals surface area contributed by atoms with Crippen LogP contribution in [0.2, 0.25) is 0 Å². The molecule has 0 aliphatic rings. The van der Waals surface area contributed by atoms with Crippen molar-refractivity contribution in [2.45, 2.75) is 0 Å². The van der Waals surface area contributed by atoms with Crippen molar-refractivity contribution in [1.82, 2.24) is 0 Å². The van der Waals surface area contributed by atoms with Crippen LogP contribution in [0.25, 0.3) is 0 Å². The fraction of sp³-hybridized carbons (Fsp3) is 0.0667. The molecule has 0 bridgehead atoms. The molecule has 108 valence electrons. The van der Waals surface area contributed by atoms with Gasteiger partial charge >= 0.3 is 0 Å². The van der Waals surface area contributed by atoms with Gasteiger partial charge in [-0.2, -0.15) is 0 Å². The molecular weight excluding hydrogens is 286 g/mol. The van der Waals surface area contributed by atoms with Crippen molar-refractivity contribution in [3.63, 3.8) is 0 Å². The molecule has 6 heteroatoms. The van der Waals surface area contributed by atoms with E-state index in [1.807, 2.05) is 24.3 Å². The highest BCUT2D eigenvalue weighted by Crippen LogP contribution is 2.16. The highest BCUT2D eigenvalue weighted by Gasteiger charge is 2.02. The lowest BCUT2D eigenvalue weighted by molar-refractivity contribution is 0.100. The van der Waals surface area contributed by atoms with Crippen LogP contribution in [0.5, 0.6) is 5.75 Å². The number of rotatable bonds is 4. The summed E-state index contributed by atoms with van der Waals surface area (Å²) in [6.45, 7) is 0. The maximum absolute atomic E-state index is 11.0. The zero-order valence-electron chi connectivity index (χ0n) is 11.4. The number of benzene rings is 2. The Hall–Kier alpha value is -2.60. The average molecular weight is 301 g/mol. The minimum absolute atomic E-state index is 0.451. The SMILES string of the molecule is COc1ccc(NC(=S)Nc2ccc(C(N)=O)cc2)cc1. The van der Waals surface area contributed by atoms with Gasteiger partial charge in [0, 0.05) is 16.9 Å². The van der Waals surface area contributed by atoms with E-state index in [-0.39, 0.29) is 0 Å². The summed E-state index contributed by atoms with van der Waals surface area (Å²) < 4.78 is 5.09. The van der Waals surface area contributed by atoms with Crippen LogP contribution in [0, 0.1) is 0 Å². The van der Waals surface area contributed by atoms with E-state index in [2.05, 4.69) is 10.6 Å². The largest absolute Gasteiger partial charge is 0.497 e. The molecular formula is C15H15N3O2S. The molecule has 0 atom stereocenters. The number of amides is 1. The summed E-state index contributed by atoms with van der Waals surface area (Å²) in [4.78, 5) is 11.0. The summed E-state index contributed by atoms with van der Waals surface area (Å²) in [6.07, 6.45) is 0. The highest BCUT2D eigenvalue weighted by atomic mass is 32.1. The normalized spacial score (nSPS) is 9.76. The minimum atomic E-state index is -0.458. The smallest absolute Gasteiger partial charge is 0.248 e. The van der Waals surface area contributed by atoms with Crippen molar-refractivity contribution in [1.29, 1.82) is 0 Å². The van der Waals surface area contributed by atoms with Gasteiger partial charge in [-0.15, -0.1) is 0 Å². The van der Waals surface area contributed by atoms with Crippen molar-refractivity contribution in [3.05, 3.63) is 54.1 Å². The number of carbonyl (C=O) groups excluding carboxylic acids is 1. The number of thiocarbonyl (C=S) groups is 1. The summed E-state index contributed by atoms with van der Waals surface area (Å²) in [5.41, 5.74) is 7.26. The fourth-order valence-corrected chi connectivity index (χ4v) is 1.92. The topological polar surface area (TPSA) is 76.4 Å². The lowest BCUT2D eigenvalue weighted by atomic mass is 10.2. The van der Waals surface area contributed by atoms with E-state index in [4.69, 9.17) is 22.7 Å². The predicted molar refractivity (Wildman–Crippen MR) is 87.8 cm³/mol. The summed E-state index contributed by atoms with van der Waals surface area (Å²) in [5.74, 6) is 0.321. The number of anilines is 2. The van der Waals surface area contributed by atoms with Gasteiger partial charge < -0.3 is 21.1 Å². The number of primary amides is 1. The first kappa shape index (κ1) is 14.8. The van der Waals surface area contributed by atoms with Crippen LogP contribution in [0.4, 0.5) is 11.4 Å². The molecule has 2 rings (SSSR count). The predicted octanol–water partition coefficient (Wildman–Crippen LogP) is 2.60. The average Bonchev–Trinajstić information content (AvgIpc) is 2.48. The van der Waals surface area contributed by atoms with E-state index < -0.39 is 5.91 Å². The zero-order valence-corrected chi connectivity index (χ0v) is 12.2. The Morgan fingerprint density at radius 2 is 1.48 bits per heavy atom. The number of ether oxygens (including phenoxy) is 1. The number of nitrogens with one attached hydrogen (secondary N) is 2. The first-order chi connectivity index (χ1) is 10.1. The molecule has 0 unspecified atom stereocenters. The van der Waals surface area contributed by atoms with Gasteiger partial charge in [0.1, 0.15) is 5.75 Å². The molecule has 0 heterocycles. The van der Waals surface area contributed by atoms with Crippen LogP contribution in [0.15, 0.2) is 48.5 Å². The monoisotopic (exact) mass is 301 g/mol. The summed E-state index contributed by atoms with van der Waals surface area (Å²) in [6, 6.07) is 14.2. The standard InChI is InChI=1S/C15H15N3O2S/c1-20-13-8-6-12(7-9-13)18-15(21)17-11-4-2-10(3-5-11)14(16)19/h2-9H,1H3,(H2,16,19)(H2,17,18,21). The second kappa shape index (κ2) is 6.71. The molecule has 0 aliphatic carbocycles. The van der Waals surface area contributed by atoms with Crippen LogP contribution >= 0.6 is 12.2 Å². The lowest BCUT2D eigenvalue weighted by Crippen LogP contribution is -2.19. The lowest BCUT2D eigenvalue weighted by Gasteiger charge is -2.11. The van der Waals surface area contributed by atoms with Crippen molar-refractivity contribution in [2.24, 2.45) is 5.73 Å². The quantitative estimate of drug-likeness (QED) is 0.757. The first-order valence-electron chi connectivity index (χ1n) is 6.20. The summed E-state index contributed by atoms with van der Waals surface area (Å²) >= 11 is 5.22. The molecule has 0 saturated carbocycles. The Bertz CT molecular complexity index is 639. The Kier molecular flexibility index (Phi) is 4.73. The molecule has 0 fully saturated rings. The number of carbonyl (C=O) groups is 1. The van der Waals surface area contributed by atoms with Gasteiger partial charge in [-0.3, -0.25) is 4.79 Å². The highest BCUT2D eigenvalue weighted by molar-refractivity contribution is 7.80. The van der Waals surface area contributed by atoms with Gasteiger partial charge in [0.25, 0.3) is 0 Å². The molecule has 2 aromatic rings. The Morgan fingerprint density at radius 3 is 1.90 bits per heavy atom. The minimum Gasteiger partial charge on any atom is -0.497 e. The molecule has 1 amide bonds.